The summed E-state index contributed by atoms with van der Waals surface area (Å²) in [6.45, 7) is 2.06. The second-order valence-electron chi connectivity index (χ2n) is 5.97. The molecule has 2 aromatic heterocycles. The van der Waals surface area contributed by atoms with Crippen LogP contribution in [0.2, 0.25) is 0 Å². The number of nitrogens with zero attached hydrogens (tertiary/aromatic N) is 2. The number of nitrogens with one attached hydrogen (secondary N) is 2. The molecule has 0 aliphatic carbocycles. The zero-order chi connectivity index (χ0) is 17.2. The van der Waals surface area contributed by atoms with Crippen molar-refractivity contribution in [2.24, 2.45) is 7.05 Å². The van der Waals surface area contributed by atoms with Gasteiger partial charge in [0.2, 0.25) is 0 Å². The molecule has 3 aromatic rings. The van der Waals surface area contributed by atoms with Crippen LogP contribution >= 0.6 is 0 Å². The molecule has 7 heteroatoms. The van der Waals surface area contributed by atoms with Crippen molar-refractivity contribution in [1.82, 2.24) is 20.4 Å². The molecule has 2 heterocycles. The topological polar surface area (TPSA) is 92.3 Å². The minimum atomic E-state index is -1.19. The number of para-hydroxylation sites is 1. The second-order valence-corrected chi connectivity index (χ2v) is 5.97. The fourth-order valence-corrected chi connectivity index (χ4v) is 2.46. The lowest BCUT2D eigenvalue weighted by Gasteiger charge is -2.22. The van der Waals surface area contributed by atoms with Crippen molar-refractivity contribution in [2.45, 2.75) is 19.1 Å². The van der Waals surface area contributed by atoms with Gasteiger partial charge in [0.05, 0.1) is 19.0 Å². The Morgan fingerprint density at radius 2 is 2.17 bits per heavy atom. The molecule has 0 aliphatic rings. The largest absolute Gasteiger partial charge is 0.464 e. The Balaban J connectivity index is 1.54. The van der Waals surface area contributed by atoms with E-state index in [4.69, 9.17) is 4.42 Å². The highest BCUT2D eigenvalue weighted by Crippen LogP contribution is 2.20. The lowest BCUT2D eigenvalue weighted by Crippen LogP contribution is -2.43. The third-order valence-electron chi connectivity index (χ3n) is 3.92. The average Bonchev–Trinajstić information content (AvgIpc) is 3.18. The Kier molecular flexibility index (Phi) is 4.26. The van der Waals surface area contributed by atoms with Crippen LogP contribution in [0.5, 0.6) is 0 Å². The van der Waals surface area contributed by atoms with Crippen molar-refractivity contribution in [3.63, 3.8) is 0 Å². The number of fused-ring (bicyclic) bond motifs is 1. The Bertz CT molecular complexity index is 850. The summed E-state index contributed by atoms with van der Waals surface area (Å²) in [7, 11) is 1.77. The van der Waals surface area contributed by atoms with Gasteiger partial charge in [-0.2, -0.15) is 5.10 Å². The summed E-state index contributed by atoms with van der Waals surface area (Å²) >= 11 is 0. The van der Waals surface area contributed by atoms with Crippen molar-refractivity contribution < 1.29 is 14.3 Å². The van der Waals surface area contributed by atoms with Crippen LogP contribution in [-0.2, 0) is 19.2 Å². The molecule has 0 radical (unpaired) electrons. The Morgan fingerprint density at radius 3 is 2.92 bits per heavy atom. The van der Waals surface area contributed by atoms with Gasteiger partial charge in [-0.1, -0.05) is 18.2 Å². The molecule has 3 N–H and O–H groups in total. The third-order valence-corrected chi connectivity index (χ3v) is 3.92. The molecule has 0 saturated heterocycles. The second kappa shape index (κ2) is 6.37. The minimum Gasteiger partial charge on any atom is -0.464 e. The van der Waals surface area contributed by atoms with E-state index >= 15 is 0 Å². The molecule has 1 atom stereocenters. The molecule has 2 amide bonds. The third kappa shape index (κ3) is 3.41. The van der Waals surface area contributed by atoms with Crippen LogP contribution < -0.4 is 10.6 Å². The molecular weight excluding hydrogens is 308 g/mol. The molecule has 0 aliphatic heterocycles. The number of carbonyl (C=O) groups excluding carboxylic acids is 1. The molecule has 0 fully saturated rings. The van der Waals surface area contributed by atoms with Crippen LogP contribution in [0.1, 0.15) is 18.1 Å². The molecule has 24 heavy (non-hydrogen) atoms. The van der Waals surface area contributed by atoms with Gasteiger partial charge in [0.25, 0.3) is 0 Å². The zero-order valence-corrected chi connectivity index (χ0v) is 13.6. The number of urea groups is 1. The number of aromatic nitrogens is 2. The van der Waals surface area contributed by atoms with Gasteiger partial charge in [0.15, 0.2) is 0 Å². The van der Waals surface area contributed by atoms with E-state index in [0.717, 1.165) is 16.5 Å². The van der Waals surface area contributed by atoms with Gasteiger partial charge in [-0.3, -0.25) is 4.68 Å². The van der Waals surface area contributed by atoms with E-state index in [0.29, 0.717) is 12.1 Å². The Morgan fingerprint density at radius 1 is 1.38 bits per heavy atom. The highest BCUT2D eigenvalue weighted by atomic mass is 16.3. The van der Waals surface area contributed by atoms with Crippen molar-refractivity contribution in [3.8, 4) is 0 Å². The Hall–Kier alpha value is -2.80. The summed E-state index contributed by atoms with van der Waals surface area (Å²) in [5.74, 6) is 0. The molecule has 3 rings (SSSR count). The number of hydrogen-bond acceptors (Lipinski definition) is 4. The normalized spacial score (nSPS) is 13.6. The standard InChI is InChI=1S/C17H20N4O3/c1-17(23,13-8-20-21(2)9-13)11-19-16(22)18-7-12-10-24-15-6-4-3-5-14(12)15/h3-6,8-10,23H,7,11H2,1-2H3,(H2,18,19,22)/t17-/m1/s1. The number of hydrogen-bond donors (Lipinski definition) is 3. The summed E-state index contributed by atoms with van der Waals surface area (Å²) < 4.78 is 7.04. The molecule has 126 valence electrons. The van der Waals surface area contributed by atoms with E-state index in [1.165, 1.54) is 0 Å². The molecule has 7 nitrogen and oxygen atoms in total. The molecular formula is C17H20N4O3. The van der Waals surface area contributed by atoms with Gasteiger partial charge in [-0.25, -0.2) is 4.79 Å². The smallest absolute Gasteiger partial charge is 0.315 e. The average molecular weight is 328 g/mol. The molecule has 0 bridgehead atoms. The first-order chi connectivity index (χ1) is 11.5. The number of aryl methyl sites for hydroxylation is 1. The molecule has 0 unspecified atom stereocenters. The number of furan rings is 1. The first-order valence-corrected chi connectivity index (χ1v) is 7.64. The lowest BCUT2D eigenvalue weighted by atomic mass is 10.00. The fourth-order valence-electron chi connectivity index (χ4n) is 2.46. The summed E-state index contributed by atoms with van der Waals surface area (Å²) in [4.78, 5) is 12.0. The predicted molar refractivity (Wildman–Crippen MR) is 89.2 cm³/mol. The van der Waals surface area contributed by atoms with E-state index in [2.05, 4.69) is 15.7 Å². The van der Waals surface area contributed by atoms with E-state index in [1.54, 1.807) is 37.3 Å². The number of aliphatic hydroxyl groups is 1. The van der Waals surface area contributed by atoms with Gasteiger partial charge < -0.3 is 20.2 Å². The lowest BCUT2D eigenvalue weighted by molar-refractivity contribution is 0.0593. The summed E-state index contributed by atoms with van der Waals surface area (Å²) in [6.07, 6.45) is 4.94. The van der Waals surface area contributed by atoms with E-state index in [1.807, 2.05) is 24.3 Å². The van der Waals surface area contributed by atoms with Gasteiger partial charge in [-0.15, -0.1) is 0 Å². The zero-order valence-electron chi connectivity index (χ0n) is 13.6. The first-order valence-electron chi connectivity index (χ1n) is 7.64. The summed E-state index contributed by atoms with van der Waals surface area (Å²) in [5, 5.41) is 20.9. The molecule has 0 spiro atoms. The van der Waals surface area contributed by atoms with Crippen molar-refractivity contribution in [2.75, 3.05) is 6.54 Å². The summed E-state index contributed by atoms with van der Waals surface area (Å²) in [6, 6.07) is 7.29. The van der Waals surface area contributed by atoms with Crippen LogP contribution in [0.25, 0.3) is 11.0 Å². The maximum Gasteiger partial charge on any atom is 0.315 e. The first kappa shape index (κ1) is 16.1. The number of benzene rings is 1. The molecule has 1 aromatic carbocycles. The van der Waals surface area contributed by atoms with Gasteiger partial charge >= 0.3 is 6.03 Å². The minimum absolute atomic E-state index is 0.0800. The Labute approximate surface area is 139 Å². The van der Waals surface area contributed by atoms with Crippen LogP contribution in [0.3, 0.4) is 0 Å². The number of amides is 2. The SMILES string of the molecule is Cn1cc([C@](C)(O)CNC(=O)NCc2coc3ccccc23)cn1. The highest BCUT2D eigenvalue weighted by Gasteiger charge is 2.25. The van der Waals surface area contributed by atoms with Gasteiger partial charge in [0, 0.05) is 36.3 Å². The van der Waals surface area contributed by atoms with Crippen LogP contribution in [0.4, 0.5) is 4.79 Å². The maximum atomic E-state index is 12.0. The fraction of sp³-hybridized carbons (Fsp3) is 0.294. The van der Waals surface area contributed by atoms with Crippen LogP contribution in [0, 0.1) is 0 Å². The maximum absolute atomic E-state index is 12.0. The number of carbonyl (C=O) groups is 1. The van der Waals surface area contributed by atoms with Crippen molar-refractivity contribution in [3.05, 3.63) is 54.0 Å². The highest BCUT2D eigenvalue weighted by molar-refractivity contribution is 5.81. The van der Waals surface area contributed by atoms with Gasteiger partial charge in [0.1, 0.15) is 11.2 Å². The van der Waals surface area contributed by atoms with Crippen molar-refractivity contribution >= 4 is 17.0 Å². The quantitative estimate of drug-likeness (QED) is 0.667. The summed E-state index contributed by atoms with van der Waals surface area (Å²) in [5.41, 5.74) is 1.15. The van der Waals surface area contributed by atoms with E-state index < -0.39 is 5.60 Å². The van der Waals surface area contributed by atoms with E-state index in [9.17, 15) is 9.90 Å². The van der Waals surface area contributed by atoms with E-state index in [-0.39, 0.29) is 12.6 Å². The van der Waals surface area contributed by atoms with Gasteiger partial charge in [-0.05, 0) is 13.0 Å². The number of rotatable bonds is 5. The monoisotopic (exact) mass is 328 g/mol. The predicted octanol–water partition coefficient (Wildman–Crippen LogP) is 1.87. The van der Waals surface area contributed by atoms with Crippen molar-refractivity contribution in [1.29, 1.82) is 0 Å². The molecule has 0 saturated carbocycles. The van der Waals surface area contributed by atoms with Crippen LogP contribution in [0.15, 0.2) is 47.3 Å². The van der Waals surface area contributed by atoms with Crippen LogP contribution in [-0.4, -0.2) is 27.5 Å².